The van der Waals surface area contributed by atoms with Crippen LogP contribution in [0.15, 0.2) is 16.6 Å². The molecule has 0 nitrogen and oxygen atoms in total. The van der Waals surface area contributed by atoms with Crippen LogP contribution in [0.4, 0.5) is 0 Å². The Hall–Kier alpha value is -0.300. The van der Waals surface area contributed by atoms with Gasteiger partial charge in [0.25, 0.3) is 0 Å². The van der Waals surface area contributed by atoms with Gasteiger partial charge in [0.2, 0.25) is 0 Å². The molecule has 2 aliphatic rings. The predicted octanol–water partition coefficient (Wildman–Crippen LogP) is 7.50. The molecular formula is C21H31Br. The van der Waals surface area contributed by atoms with E-state index in [-0.39, 0.29) is 0 Å². The van der Waals surface area contributed by atoms with Gasteiger partial charge in [0.05, 0.1) is 0 Å². The largest absolute Gasteiger partial charge is 0.0651 e. The van der Waals surface area contributed by atoms with Crippen molar-refractivity contribution in [2.75, 3.05) is 0 Å². The van der Waals surface area contributed by atoms with E-state index < -0.39 is 0 Å². The lowest BCUT2D eigenvalue weighted by Gasteiger charge is -2.32. The lowest BCUT2D eigenvalue weighted by atomic mass is 9.74. The summed E-state index contributed by atoms with van der Waals surface area (Å²) in [6, 6.07) is 4.77. The van der Waals surface area contributed by atoms with Gasteiger partial charge in [-0.1, -0.05) is 73.9 Å². The molecule has 0 amide bonds. The quantitative estimate of drug-likeness (QED) is 0.519. The van der Waals surface area contributed by atoms with Crippen LogP contribution in [-0.2, 0) is 6.42 Å². The molecule has 2 fully saturated rings. The maximum atomic E-state index is 3.93. The summed E-state index contributed by atoms with van der Waals surface area (Å²) in [6.07, 6.45) is 16.8. The first kappa shape index (κ1) is 16.6. The maximum Gasteiger partial charge on any atom is 0.0213 e. The third-order valence-corrected chi connectivity index (χ3v) is 6.56. The summed E-state index contributed by atoms with van der Waals surface area (Å²) >= 11 is 3.93. The fourth-order valence-corrected chi connectivity index (χ4v) is 5.49. The number of halogens is 1. The molecule has 0 aliphatic heterocycles. The van der Waals surface area contributed by atoms with Crippen LogP contribution in [0.2, 0.25) is 0 Å². The second-order valence-corrected chi connectivity index (χ2v) is 8.31. The van der Waals surface area contributed by atoms with Crippen LogP contribution in [-0.4, -0.2) is 0 Å². The Kier molecular flexibility index (Phi) is 6.02. The summed E-state index contributed by atoms with van der Waals surface area (Å²) in [6.45, 7) is 2.33. The summed E-state index contributed by atoms with van der Waals surface area (Å²) in [4.78, 5) is 0. The van der Waals surface area contributed by atoms with Gasteiger partial charge >= 0.3 is 0 Å². The van der Waals surface area contributed by atoms with Crippen molar-refractivity contribution in [3.8, 4) is 0 Å². The van der Waals surface area contributed by atoms with Crippen LogP contribution < -0.4 is 0 Å². The SMILES string of the molecule is CCCc1ccc(Br)c(C2CCCCC2)c1C1CCCCC1. The first-order valence-corrected chi connectivity index (χ1v) is 10.4. The van der Waals surface area contributed by atoms with Crippen molar-refractivity contribution >= 4 is 15.9 Å². The summed E-state index contributed by atoms with van der Waals surface area (Å²) in [5.41, 5.74) is 5.17. The first-order chi connectivity index (χ1) is 10.8. The van der Waals surface area contributed by atoms with Crippen LogP contribution in [0, 0.1) is 0 Å². The second kappa shape index (κ2) is 7.99. The van der Waals surface area contributed by atoms with Crippen LogP contribution in [0.3, 0.4) is 0 Å². The maximum absolute atomic E-state index is 3.93. The minimum atomic E-state index is 0.817. The summed E-state index contributed by atoms with van der Waals surface area (Å²) in [5, 5.41) is 0. The number of rotatable bonds is 4. The van der Waals surface area contributed by atoms with Crippen molar-refractivity contribution in [2.24, 2.45) is 0 Å². The van der Waals surface area contributed by atoms with Crippen molar-refractivity contribution in [3.05, 3.63) is 33.3 Å². The first-order valence-electron chi connectivity index (χ1n) is 9.62. The molecule has 22 heavy (non-hydrogen) atoms. The van der Waals surface area contributed by atoms with Crippen molar-refractivity contribution in [1.29, 1.82) is 0 Å². The van der Waals surface area contributed by atoms with Crippen LogP contribution in [0.5, 0.6) is 0 Å². The lowest BCUT2D eigenvalue weighted by molar-refractivity contribution is 0.416. The minimum Gasteiger partial charge on any atom is -0.0651 e. The van der Waals surface area contributed by atoms with Gasteiger partial charge in [-0.15, -0.1) is 0 Å². The second-order valence-electron chi connectivity index (χ2n) is 7.45. The Morgan fingerprint density at radius 3 is 1.91 bits per heavy atom. The van der Waals surface area contributed by atoms with E-state index in [1.807, 2.05) is 0 Å². The summed E-state index contributed by atoms with van der Waals surface area (Å²) in [7, 11) is 0. The van der Waals surface area contributed by atoms with E-state index in [9.17, 15) is 0 Å². The number of hydrogen-bond acceptors (Lipinski definition) is 0. The molecule has 0 aromatic heterocycles. The summed E-state index contributed by atoms with van der Waals surface area (Å²) < 4.78 is 1.40. The highest BCUT2D eigenvalue weighted by molar-refractivity contribution is 9.10. The Morgan fingerprint density at radius 1 is 0.818 bits per heavy atom. The third-order valence-electron chi connectivity index (χ3n) is 5.87. The minimum absolute atomic E-state index is 0.817. The Labute approximate surface area is 145 Å². The molecule has 1 aromatic carbocycles. The Morgan fingerprint density at radius 2 is 1.36 bits per heavy atom. The van der Waals surface area contributed by atoms with Crippen molar-refractivity contribution < 1.29 is 0 Å². The van der Waals surface area contributed by atoms with Gasteiger partial charge in [-0.2, -0.15) is 0 Å². The van der Waals surface area contributed by atoms with Crippen LogP contribution >= 0.6 is 15.9 Å². The molecule has 0 bridgehead atoms. The third kappa shape index (κ3) is 3.61. The molecule has 1 aromatic rings. The highest BCUT2D eigenvalue weighted by atomic mass is 79.9. The zero-order chi connectivity index (χ0) is 15.4. The van der Waals surface area contributed by atoms with Gasteiger partial charge in [0.15, 0.2) is 0 Å². The molecule has 0 heterocycles. The molecule has 2 aliphatic carbocycles. The Bertz CT molecular complexity index is 479. The van der Waals surface area contributed by atoms with Crippen molar-refractivity contribution in [1.82, 2.24) is 0 Å². The summed E-state index contributed by atoms with van der Waals surface area (Å²) in [5.74, 6) is 1.65. The Balaban J connectivity index is 2.02. The molecule has 0 saturated heterocycles. The number of benzene rings is 1. The van der Waals surface area contributed by atoms with E-state index in [4.69, 9.17) is 0 Å². The van der Waals surface area contributed by atoms with Crippen LogP contribution in [0.25, 0.3) is 0 Å². The molecule has 0 atom stereocenters. The average Bonchev–Trinajstić information content (AvgIpc) is 2.58. The average molecular weight is 363 g/mol. The molecular weight excluding hydrogens is 332 g/mol. The smallest absolute Gasteiger partial charge is 0.0213 e. The van der Waals surface area contributed by atoms with Crippen LogP contribution in [0.1, 0.15) is 106 Å². The molecule has 0 radical (unpaired) electrons. The molecule has 3 rings (SSSR count). The van der Waals surface area contributed by atoms with Gasteiger partial charge < -0.3 is 0 Å². The molecule has 0 spiro atoms. The van der Waals surface area contributed by atoms with Gasteiger partial charge in [-0.3, -0.25) is 0 Å². The fraction of sp³-hybridized carbons (Fsp3) is 0.714. The zero-order valence-corrected chi connectivity index (χ0v) is 15.8. The monoisotopic (exact) mass is 362 g/mol. The predicted molar refractivity (Wildman–Crippen MR) is 99.8 cm³/mol. The number of hydrogen-bond donors (Lipinski definition) is 0. The van der Waals surface area contributed by atoms with Crippen molar-refractivity contribution in [3.63, 3.8) is 0 Å². The fourth-order valence-electron chi connectivity index (χ4n) is 4.82. The van der Waals surface area contributed by atoms with E-state index in [0.717, 1.165) is 11.8 Å². The van der Waals surface area contributed by atoms with E-state index in [2.05, 4.69) is 35.0 Å². The van der Waals surface area contributed by atoms with Gasteiger partial charge in [0, 0.05) is 4.47 Å². The van der Waals surface area contributed by atoms with Gasteiger partial charge in [-0.25, -0.2) is 0 Å². The van der Waals surface area contributed by atoms with Gasteiger partial charge in [0.1, 0.15) is 0 Å². The zero-order valence-electron chi connectivity index (χ0n) is 14.2. The van der Waals surface area contributed by atoms with Gasteiger partial charge in [-0.05, 0) is 66.7 Å². The lowest BCUT2D eigenvalue weighted by Crippen LogP contribution is -2.15. The number of aryl methyl sites for hydroxylation is 1. The molecule has 2 saturated carbocycles. The molecule has 0 N–H and O–H groups in total. The standard InChI is InChI=1S/C21H31Br/c1-2-9-16-14-15-19(22)21(18-12-7-4-8-13-18)20(16)17-10-5-3-6-11-17/h14-15,17-18H,2-13H2,1H3. The van der Waals surface area contributed by atoms with Crippen molar-refractivity contribution in [2.45, 2.75) is 95.8 Å². The highest BCUT2D eigenvalue weighted by Crippen LogP contribution is 2.45. The highest BCUT2D eigenvalue weighted by Gasteiger charge is 2.27. The van der Waals surface area contributed by atoms with E-state index >= 15 is 0 Å². The topological polar surface area (TPSA) is 0 Å². The van der Waals surface area contributed by atoms with E-state index in [1.54, 1.807) is 16.7 Å². The molecule has 0 unspecified atom stereocenters. The van der Waals surface area contributed by atoms with E-state index in [0.29, 0.717) is 0 Å². The van der Waals surface area contributed by atoms with E-state index in [1.165, 1.54) is 81.5 Å². The molecule has 122 valence electrons. The normalized spacial score (nSPS) is 21.2. The molecule has 1 heteroatoms.